The van der Waals surface area contributed by atoms with Gasteiger partial charge >= 0.3 is 46.3 Å². The van der Waals surface area contributed by atoms with Gasteiger partial charge in [0.1, 0.15) is 39.5 Å². The van der Waals surface area contributed by atoms with Gasteiger partial charge in [0.15, 0.2) is 5.75 Å². The fourth-order valence-electron chi connectivity index (χ4n) is 3.21. The van der Waals surface area contributed by atoms with Crippen LogP contribution in [-0.2, 0) is 34.8 Å². The maximum Gasteiger partial charge on any atom is 0.432 e. The minimum atomic E-state index is -6.85. The fraction of sp³-hybridized carbons (Fsp3) is 0.368. The second-order valence-corrected chi connectivity index (χ2v) is 9.31. The van der Waals surface area contributed by atoms with E-state index in [9.17, 15) is 88.2 Å². The minimum absolute atomic E-state index is 0.0789. The zero-order valence-electron chi connectivity index (χ0n) is 19.2. The molecule has 0 bridgehead atoms. The number of alkyl halides is 17. The van der Waals surface area contributed by atoms with Crippen molar-refractivity contribution in [1.82, 2.24) is 0 Å². The predicted octanol–water partition coefficient (Wildman–Crippen LogP) is 8.05. The molecule has 2 N–H and O–H groups in total. The standard InChI is InChI=1S/C19H7F17O6S/c20-14(21,22)7-9(16(26,27)28)12(10(17(29,30)31)8(11(7)37)15(23,24)25)41-5-1-3-6(4-2-5)42-13(18(32,33)34)19(35,36)43(38,39)40/h1-4,13,37H,(H,38,39,40). The van der Waals surface area contributed by atoms with Crippen molar-refractivity contribution in [2.75, 3.05) is 0 Å². The van der Waals surface area contributed by atoms with Gasteiger partial charge in [-0.3, -0.25) is 4.55 Å². The van der Waals surface area contributed by atoms with E-state index in [-0.39, 0.29) is 24.3 Å². The first-order valence-electron chi connectivity index (χ1n) is 9.90. The van der Waals surface area contributed by atoms with Gasteiger partial charge in [-0.1, -0.05) is 0 Å². The molecule has 0 aliphatic rings. The van der Waals surface area contributed by atoms with E-state index in [2.05, 4.69) is 9.47 Å². The van der Waals surface area contributed by atoms with Gasteiger partial charge in [0.2, 0.25) is 0 Å². The molecule has 0 fully saturated rings. The second-order valence-electron chi connectivity index (χ2n) is 7.82. The lowest BCUT2D eigenvalue weighted by Gasteiger charge is -2.28. The van der Waals surface area contributed by atoms with Gasteiger partial charge in [0.25, 0.3) is 6.10 Å². The van der Waals surface area contributed by atoms with Crippen molar-refractivity contribution in [3.63, 3.8) is 0 Å². The SMILES string of the molecule is O=S(=O)(O)C(F)(F)C(Oc1ccc(Oc2c(C(F)(F)F)c(C(F)(F)F)c(O)c(C(F)(F)F)c2C(F)(F)F)cc1)C(F)(F)F. The highest BCUT2D eigenvalue weighted by molar-refractivity contribution is 7.86. The molecule has 43 heavy (non-hydrogen) atoms. The fourth-order valence-corrected chi connectivity index (χ4v) is 3.66. The number of rotatable bonds is 6. The Labute approximate surface area is 225 Å². The summed E-state index contributed by atoms with van der Waals surface area (Å²) in [4.78, 5) is 0. The van der Waals surface area contributed by atoms with Crippen molar-refractivity contribution >= 4 is 10.1 Å². The van der Waals surface area contributed by atoms with Crippen LogP contribution < -0.4 is 9.47 Å². The molecule has 6 nitrogen and oxygen atoms in total. The average Bonchev–Trinajstić information content (AvgIpc) is 2.73. The van der Waals surface area contributed by atoms with Crippen LogP contribution in [0, 0.1) is 0 Å². The monoisotopic (exact) mass is 686 g/mol. The summed E-state index contributed by atoms with van der Waals surface area (Å²) in [6, 6.07) is -0.348. The van der Waals surface area contributed by atoms with Crippen LogP contribution in [-0.4, -0.2) is 35.6 Å². The topological polar surface area (TPSA) is 93.1 Å². The first kappa shape index (κ1) is 35.8. The van der Waals surface area contributed by atoms with E-state index in [1.165, 1.54) is 0 Å². The zero-order chi connectivity index (χ0) is 33.9. The third kappa shape index (κ3) is 7.38. The lowest BCUT2D eigenvalue weighted by Crippen LogP contribution is -2.53. The number of hydrogen-bond donors (Lipinski definition) is 2. The zero-order valence-corrected chi connectivity index (χ0v) is 20.1. The maximum atomic E-state index is 13.6. The lowest BCUT2D eigenvalue weighted by molar-refractivity contribution is -0.239. The molecule has 0 aromatic heterocycles. The van der Waals surface area contributed by atoms with E-state index in [4.69, 9.17) is 4.55 Å². The van der Waals surface area contributed by atoms with Crippen LogP contribution in [0.25, 0.3) is 0 Å². The number of ether oxygens (including phenoxy) is 2. The Hall–Kier alpha value is -3.44. The molecule has 0 spiro atoms. The van der Waals surface area contributed by atoms with Gasteiger partial charge in [0, 0.05) is 0 Å². The van der Waals surface area contributed by atoms with Crippen LogP contribution in [0.2, 0.25) is 0 Å². The van der Waals surface area contributed by atoms with Gasteiger partial charge < -0.3 is 14.6 Å². The largest absolute Gasteiger partial charge is 0.507 e. The van der Waals surface area contributed by atoms with E-state index < -0.39 is 97.6 Å². The Morgan fingerprint density at radius 3 is 1.19 bits per heavy atom. The number of phenolic OH excluding ortho intramolecular Hbond substituents is 1. The normalized spacial score (nSPS) is 14.9. The third-order valence-corrected chi connectivity index (χ3v) is 5.71. The van der Waals surface area contributed by atoms with Crippen molar-refractivity contribution in [2.45, 2.75) is 42.2 Å². The Morgan fingerprint density at radius 1 is 0.581 bits per heavy atom. The van der Waals surface area contributed by atoms with Crippen LogP contribution in [0.5, 0.6) is 23.0 Å². The molecule has 0 aliphatic heterocycles. The molecule has 1 atom stereocenters. The first-order chi connectivity index (χ1) is 18.8. The van der Waals surface area contributed by atoms with Gasteiger partial charge in [-0.15, -0.1) is 0 Å². The predicted molar refractivity (Wildman–Crippen MR) is 102 cm³/mol. The molecule has 24 heteroatoms. The van der Waals surface area contributed by atoms with E-state index in [0.717, 1.165) is 0 Å². The van der Waals surface area contributed by atoms with Gasteiger partial charge in [0.05, 0.1) is 0 Å². The number of benzene rings is 2. The molecule has 0 heterocycles. The highest BCUT2D eigenvalue weighted by Crippen LogP contribution is 2.59. The highest BCUT2D eigenvalue weighted by atomic mass is 32.2. The van der Waals surface area contributed by atoms with Crippen LogP contribution in [0.3, 0.4) is 0 Å². The molecular weight excluding hydrogens is 679 g/mol. The molecule has 1 unspecified atom stereocenters. The molecule has 0 saturated heterocycles. The summed E-state index contributed by atoms with van der Waals surface area (Å²) in [5, 5.41) is 3.29. The van der Waals surface area contributed by atoms with E-state index >= 15 is 0 Å². The molecular formula is C19H7F17O6S. The third-order valence-electron chi connectivity index (χ3n) is 4.81. The van der Waals surface area contributed by atoms with Crippen molar-refractivity contribution in [3.8, 4) is 23.0 Å². The average molecular weight is 686 g/mol. The van der Waals surface area contributed by atoms with E-state index in [0.29, 0.717) is 0 Å². The summed E-state index contributed by atoms with van der Waals surface area (Å²) in [5.74, 6) is -9.92. The molecule has 2 rings (SSSR count). The summed E-state index contributed by atoms with van der Waals surface area (Å²) in [7, 11) is -6.85. The smallest absolute Gasteiger partial charge is 0.432 e. The van der Waals surface area contributed by atoms with Crippen molar-refractivity contribution in [3.05, 3.63) is 46.5 Å². The van der Waals surface area contributed by atoms with Crippen molar-refractivity contribution in [2.24, 2.45) is 0 Å². The Balaban J connectivity index is 2.86. The number of aromatic hydroxyl groups is 1. The first-order valence-corrected chi connectivity index (χ1v) is 11.3. The quantitative estimate of drug-likeness (QED) is 0.236. The molecule has 0 radical (unpaired) electrons. The number of halogens is 17. The van der Waals surface area contributed by atoms with E-state index in [1.54, 1.807) is 0 Å². The second kappa shape index (κ2) is 10.6. The molecule has 2 aromatic carbocycles. The number of hydrogen-bond acceptors (Lipinski definition) is 5. The molecule has 0 amide bonds. The van der Waals surface area contributed by atoms with Crippen molar-refractivity contribution in [1.29, 1.82) is 0 Å². The molecule has 2 aromatic rings. The summed E-state index contributed by atoms with van der Waals surface area (Å²) in [6.07, 6.45) is -37.6. The van der Waals surface area contributed by atoms with Gasteiger partial charge in [-0.25, -0.2) is 0 Å². The minimum Gasteiger partial charge on any atom is -0.507 e. The summed E-state index contributed by atoms with van der Waals surface area (Å²) < 4.78 is 266. The van der Waals surface area contributed by atoms with Gasteiger partial charge in [-0.05, 0) is 24.3 Å². The summed E-state index contributed by atoms with van der Waals surface area (Å²) in [5.41, 5.74) is -14.6. The lowest BCUT2D eigenvalue weighted by atomic mass is 9.93. The van der Waals surface area contributed by atoms with Crippen LogP contribution in [0.15, 0.2) is 24.3 Å². The molecule has 244 valence electrons. The van der Waals surface area contributed by atoms with Gasteiger partial charge in [-0.2, -0.15) is 83.1 Å². The Bertz CT molecular complexity index is 1400. The molecule has 0 aliphatic carbocycles. The van der Waals surface area contributed by atoms with Crippen molar-refractivity contribution < 1.29 is 102 Å². The maximum absolute atomic E-state index is 13.6. The van der Waals surface area contributed by atoms with Crippen LogP contribution >= 0.6 is 0 Å². The Kier molecular flexibility index (Phi) is 8.83. The van der Waals surface area contributed by atoms with E-state index in [1.807, 2.05) is 0 Å². The van der Waals surface area contributed by atoms with Crippen LogP contribution in [0.1, 0.15) is 22.3 Å². The summed E-state index contributed by atoms with van der Waals surface area (Å²) in [6.45, 7) is 0. The van der Waals surface area contributed by atoms with Crippen LogP contribution in [0.4, 0.5) is 74.6 Å². The summed E-state index contributed by atoms with van der Waals surface area (Å²) >= 11 is 0. The number of phenols is 1. The Morgan fingerprint density at radius 2 is 0.907 bits per heavy atom. The highest BCUT2D eigenvalue weighted by Gasteiger charge is 2.65. The molecule has 0 saturated carbocycles.